The maximum Gasteiger partial charge on any atom is 0.222 e. The van der Waals surface area contributed by atoms with Gasteiger partial charge in [0.2, 0.25) is 5.91 Å². The highest BCUT2D eigenvalue weighted by Crippen LogP contribution is 2.15. The fourth-order valence-electron chi connectivity index (χ4n) is 2.62. The standard InChI is InChI=1S/C21H29N3O.2ClH/c1-16(2)24(3)15-19-12-8-7-11-18(19)14-23-21(25)13-20(22)17-9-5-4-6-10-17;;/h4-12,16,20H,13-15,22H2,1-3H3,(H,23,25);2*1H. The van der Waals surface area contributed by atoms with Crippen molar-refractivity contribution in [1.29, 1.82) is 0 Å². The second-order valence-electron chi connectivity index (χ2n) is 6.78. The van der Waals surface area contributed by atoms with Gasteiger partial charge in [-0.3, -0.25) is 9.69 Å². The van der Waals surface area contributed by atoms with Gasteiger partial charge in [0, 0.05) is 31.6 Å². The predicted octanol–water partition coefficient (Wildman–Crippen LogP) is 4.08. The Morgan fingerprint density at radius 1 is 1.00 bits per heavy atom. The van der Waals surface area contributed by atoms with E-state index < -0.39 is 0 Å². The molecule has 2 aromatic carbocycles. The summed E-state index contributed by atoms with van der Waals surface area (Å²) in [4.78, 5) is 14.5. The van der Waals surface area contributed by atoms with Crippen molar-refractivity contribution in [2.45, 2.75) is 45.4 Å². The maximum atomic E-state index is 12.2. The number of nitrogens with two attached hydrogens (primary N) is 1. The maximum absolute atomic E-state index is 12.2. The zero-order chi connectivity index (χ0) is 18.2. The number of amides is 1. The van der Waals surface area contributed by atoms with Gasteiger partial charge in [-0.15, -0.1) is 24.8 Å². The summed E-state index contributed by atoms with van der Waals surface area (Å²) in [6.07, 6.45) is 0.290. The van der Waals surface area contributed by atoms with E-state index in [0.717, 1.165) is 17.7 Å². The highest BCUT2D eigenvalue weighted by molar-refractivity contribution is 5.85. The molecule has 0 heterocycles. The van der Waals surface area contributed by atoms with Gasteiger partial charge < -0.3 is 11.1 Å². The summed E-state index contributed by atoms with van der Waals surface area (Å²) in [6, 6.07) is 18.2. The number of hydrogen-bond acceptors (Lipinski definition) is 3. The lowest BCUT2D eigenvalue weighted by molar-refractivity contribution is -0.121. The molecule has 1 unspecified atom stereocenters. The molecule has 0 aliphatic carbocycles. The summed E-state index contributed by atoms with van der Waals surface area (Å²) in [5.41, 5.74) is 9.50. The summed E-state index contributed by atoms with van der Waals surface area (Å²) in [6.45, 7) is 5.75. The summed E-state index contributed by atoms with van der Waals surface area (Å²) < 4.78 is 0. The molecule has 2 aromatic rings. The van der Waals surface area contributed by atoms with Crippen LogP contribution in [0.4, 0.5) is 0 Å². The zero-order valence-electron chi connectivity index (χ0n) is 16.2. The number of halogens is 2. The first-order valence-electron chi connectivity index (χ1n) is 8.81. The molecule has 4 nitrogen and oxygen atoms in total. The van der Waals surface area contributed by atoms with E-state index in [1.54, 1.807) is 0 Å². The lowest BCUT2D eigenvalue weighted by Crippen LogP contribution is -2.29. The second kappa shape index (κ2) is 12.7. The number of nitrogens with zero attached hydrogens (tertiary/aromatic N) is 1. The molecule has 1 atom stereocenters. The summed E-state index contributed by atoms with van der Waals surface area (Å²) in [5.74, 6) is -0.0247. The number of nitrogens with one attached hydrogen (secondary N) is 1. The lowest BCUT2D eigenvalue weighted by Gasteiger charge is -2.22. The Balaban J connectivity index is 0.00000338. The van der Waals surface area contributed by atoms with Gasteiger partial charge >= 0.3 is 0 Å². The molecule has 0 aliphatic heterocycles. The van der Waals surface area contributed by atoms with E-state index in [0.29, 0.717) is 12.6 Å². The van der Waals surface area contributed by atoms with Gasteiger partial charge in [0.25, 0.3) is 0 Å². The van der Waals surface area contributed by atoms with Crippen molar-refractivity contribution in [3.05, 3.63) is 71.3 Å². The fraction of sp³-hybridized carbons (Fsp3) is 0.381. The SMILES string of the molecule is CC(C)N(C)Cc1ccccc1CNC(=O)CC(N)c1ccccc1.Cl.Cl. The van der Waals surface area contributed by atoms with E-state index in [9.17, 15) is 4.79 Å². The van der Waals surface area contributed by atoms with Crippen LogP contribution in [-0.2, 0) is 17.9 Å². The highest BCUT2D eigenvalue weighted by atomic mass is 35.5. The van der Waals surface area contributed by atoms with Crippen LogP contribution in [0.25, 0.3) is 0 Å². The summed E-state index contributed by atoms with van der Waals surface area (Å²) >= 11 is 0. The van der Waals surface area contributed by atoms with Gasteiger partial charge in [-0.2, -0.15) is 0 Å². The quantitative estimate of drug-likeness (QED) is 0.687. The van der Waals surface area contributed by atoms with Crippen molar-refractivity contribution in [3.63, 3.8) is 0 Å². The number of carbonyl (C=O) groups excluding carboxylic acids is 1. The first-order valence-corrected chi connectivity index (χ1v) is 8.81. The molecular weight excluding hydrogens is 381 g/mol. The molecule has 0 bridgehead atoms. The monoisotopic (exact) mass is 411 g/mol. The van der Waals surface area contributed by atoms with Crippen molar-refractivity contribution in [2.24, 2.45) is 5.73 Å². The van der Waals surface area contributed by atoms with Crippen molar-refractivity contribution in [1.82, 2.24) is 10.2 Å². The Morgan fingerprint density at radius 3 is 2.15 bits per heavy atom. The van der Waals surface area contributed by atoms with E-state index >= 15 is 0 Å². The minimum absolute atomic E-state index is 0. The van der Waals surface area contributed by atoms with Crippen molar-refractivity contribution < 1.29 is 4.79 Å². The molecular formula is C21H31Cl2N3O. The Morgan fingerprint density at radius 2 is 1.56 bits per heavy atom. The van der Waals surface area contributed by atoms with E-state index in [2.05, 4.69) is 43.2 Å². The minimum atomic E-state index is -0.275. The third-order valence-corrected chi connectivity index (χ3v) is 4.53. The van der Waals surface area contributed by atoms with Crippen LogP contribution >= 0.6 is 24.8 Å². The molecule has 2 rings (SSSR count). The van der Waals surface area contributed by atoms with Gasteiger partial charge in [0.15, 0.2) is 0 Å². The molecule has 0 saturated heterocycles. The van der Waals surface area contributed by atoms with Gasteiger partial charge in [0.1, 0.15) is 0 Å². The van der Waals surface area contributed by atoms with Crippen LogP contribution in [0.3, 0.4) is 0 Å². The Kier molecular flexibility index (Phi) is 12.0. The number of benzene rings is 2. The normalized spacial score (nSPS) is 11.5. The van der Waals surface area contributed by atoms with Gasteiger partial charge in [-0.05, 0) is 37.6 Å². The van der Waals surface area contributed by atoms with E-state index in [1.807, 2.05) is 42.5 Å². The first-order chi connectivity index (χ1) is 12.0. The van der Waals surface area contributed by atoms with Crippen molar-refractivity contribution in [3.8, 4) is 0 Å². The molecule has 0 aromatic heterocycles. The van der Waals surface area contributed by atoms with Gasteiger partial charge in [-0.25, -0.2) is 0 Å². The molecule has 6 heteroatoms. The number of carbonyl (C=O) groups is 1. The average Bonchev–Trinajstić information content (AvgIpc) is 2.61. The Bertz CT molecular complexity index is 680. The third-order valence-electron chi connectivity index (χ3n) is 4.53. The first kappa shape index (κ1) is 25.4. The lowest BCUT2D eigenvalue weighted by atomic mass is 10.0. The molecule has 1 amide bonds. The zero-order valence-corrected chi connectivity index (χ0v) is 17.9. The molecule has 27 heavy (non-hydrogen) atoms. The molecule has 0 fully saturated rings. The molecule has 0 aliphatic rings. The average molecular weight is 412 g/mol. The van der Waals surface area contributed by atoms with E-state index in [1.165, 1.54) is 5.56 Å². The van der Waals surface area contributed by atoms with E-state index in [-0.39, 0.29) is 43.2 Å². The highest BCUT2D eigenvalue weighted by Gasteiger charge is 2.12. The van der Waals surface area contributed by atoms with Crippen LogP contribution in [0.15, 0.2) is 54.6 Å². The molecule has 150 valence electrons. The smallest absolute Gasteiger partial charge is 0.222 e. The van der Waals surface area contributed by atoms with Crippen molar-refractivity contribution >= 4 is 30.7 Å². The van der Waals surface area contributed by atoms with Crippen LogP contribution in [0.2, 0.25) is 0 Å². The Hall–Kier alpha value is -1.59. The number of rotatable bonds is 8. The largest absolute Gasteiger partial charge is 0.352 e. The van der Waals surface area contributed by atoms with Crippen LogP contribution < -0.4 is 11.1 Å². The van der Waals surface area contributed by atoms with Crippen molar-refractivity contribution in [2.75, 3.05) is 7.05 Å². The number of hydrogen-bond donors (Lipinski definition) is 2. The second-order valence-corrected chi connectivity index (χ2v) is 6.78. The predicted molar refractivity (Wildman–Crippen MR) is 117 cm³/mol. The van der Waals surface area contributed by atoms with Crippen LogP contribution in [0.1, 0.15) is 43.0 Å². The van der Waals surface area contributed by atoms with Crippen LogP contribution in [0.5, 0.6) is 0 Å². The van der Waals surface area contributed by atoms with Crippen LogP contribution in [0, 0.1) is 0 Å². The molecule has 3 N–H and O–H groups in total. The van der Waals surface area contributed by atoms with Gasteiger partial charge in [-0.1, -0.05) is 54.6 Å². The van der Waals surface area contributed by atoms with E-state index in [4.69, 9.17) is 5.73 Å². The molecule has 0 spiro atoms. The summed E-state index contributed by atoms with van der Waals surface area (Å²) in [7, 11) is 2.11. The minimum Gasteiger partial charge on any atom is -0.352 e. The summed E-state index contributed by atoms with van der Waals surface area (Å²) in [5, 5.41) is 3.01. The third kappa shape index (κ3) is 8.31. The van der Waals surface area contributed by atoms with Crippen LogP contribution in [-0.4, -0.2) is 23.9 Å². The Labute approximate surface area is 175 Å². The molecule has 0 saturated carbocycles. The fourth-order valence-corrected chi connectivity index (χ4v) is 2.62. The molecule has 0 radical (unpaired) electrons. The topological polar surface area (TPSA) is 58.4 Å². The van der Waals surface area contributed by atoms with Gasteiger partial charge in [0.05, 0.1) is 0 Å².